The van der Waals surface area contributed by atoms with Crippen LogP contribution in [0.3, 0.4) is 0 Å². The Balaban J connectivity index is 2.12. The van der Waals surface area contributed by atoms with E-state index in [0.29, 0.717) is 17.6 Å². The van der Waals surface area contributed by atoms with Crippen molar-refractivity contribution in [1.29, 1.82) is 0 Å². The number of furan rings is 1. The van der Waals surface area contributed by atoms with Crippen molar-refractivity contribution in [2.75, 3.05) is 0 Å². The summed E-state index contributed by atoms with van der Waals surface area (Å²) in [6, 6.07) is 3.61. The zero-order valence-electron chi connectivity index (χ0n) is 10.2. The Bertz CT molecular complexity index is 411. The summed E-state index contributed by atoms with van der Waals surface area (Å²) in [5.74, 6) is 1.80. The third-order valence-corrected chi connectivity index (χ3v) is 3.52. The second-order valence-corrected chi connectivity index (χ2v) is 5.12. The molecule has 4 atom stereocenters. The molecule has 4 heteroatoms. The first-order valence-electron chi connectivity index (χ1n) is 6.06. The van der Waals surface area contributed by atoms with Gasteiger partial charge in [0.05, 0.1) is 6.42 Å². The highest BCUT2D eigenvalue weighted by molar-refractivity contribution is 5.68. The third kappa shape index (κ3) is 2.69. The van der Waals surface area contributed by atoms with E-state index in [-0.39, 0.29) is 18.4 Å². The van der Waals surface area contributed by atoms with E-state index >= 15 is 0 Å². The van der Waals surface area contributed by atoms with Gasteiger partial charge in [-0.3, -0.25) is 4.79 Å². The van der Waals surface area contributed by atoms with Crippen LogP contribution in [0.2, 0.25) is 0 Å². The second-order valence-electron chi connectivity index (χ2n) is 5.12. The van der Waals surface area contributed by atoms with Crippen molar-refractivity contribution in [3.63, 3.8) is 0 Å². The third-order valence-electron chi connectivity index (χ3n) is 3.52. The lowest BCUT2D eigenvalue weighted by Gasteiger charge is -2.16. The topological polar surface area (TPSA) is 76.5 Å². The van der Waals surface area contributed by atoms with Crippen molar-refractivity contribution in [3.05, 3.63) is 23.7 Å². The molecule has 1 aromatic heterocycles. The fourth-order valence-corrected chi connectivity index (χ4v) is 2.22. The number of hydrogen-bond donors (Lipinski definition) is 2. The van der Waals surface area contributed by atoms with E-state index in [4.69, 9.17) is 15.3 Å². The second kappa shape index (κ2) is 4.53. The molecule has 1 saturated carbocycles. The van der Waals surface area contributed by atoms with E-state index in [2.05, 4.69) is 6.92 Å². The summed E-state index contributed by atoms with van der Waals surface area (Å²) in [6.07, 6.45) is 1.18. The Hall–Kier alpha value is -1.29. The monoisotopic (exact) mass is 237 g/mol. The van der Waals surface area contributed by atoms with Crippen LogP contribution in [0.1, 0.15) is 50.0 Å². The van der Waals surface area contributed by atoms with Gasteiger partial charge >= 0.3 is 5.97 Å². The Morgan fingerprint density at radius 3 is 2.76 bits per heavy atom. The van der Waals surface area contributed by atoms with Crippen molar-refractivity contribution in [2.45, 2.75) is 44.6 Å². The molecule has 0 spiro atoms. The summed E-state index contributed by atoms with van der Waals surface area (Å²) in [4.78, 5) is 10.8. The Morgan fingerprint density at radius 1 is 1.65 bits per heavy atom. The van der Waals surface area contributed by atoms with E-state index in [9.17, 15) is 4.79 Å². The van der Waals surface area contributed by atoms with Crippen LogP contribution in [-0.2, 0) is 4.79 Å². The molecular formula is C13H19NO3. The Labute approximate surface area is 101 Å². The molecule has 0 saturated heterocycles. The first-order chi connectivity index (χ1) is 7.99. The van der Waals surface area contributed by atoms with Crippen LogP contribution in [0.4, 0.5) is 0 Å². The molecule has 0 aromatic carbocycles. The maximum atomic E-state index is 10.8. The van der Waals surface area contributed by atoms with Crippen molar-refractivity contribution in [2.24, 2.45) is 11.7 Å². The van der Waals surface area contributed by atoms with E-state index in [0.717, 1.165) is 12.2 Å². The lowest BCUT2D eigenvalue weighted by atomic mass is 9.95. The molecule has 0 radical (unpaired) electrons. The van der Waals surface area contributed by atoms with Gasteiger partial charge in [0, 0.05) is 17.9 Å². The van der Waals surface area contributed by atoms with Crippen molar-refractivity contribution in [1.82, 2.24) is 0 Å². The molecule has 1 aliphatic rings. The van der Waals surface area contributed by atoms with Crippen molar-refractivity contribution in [3.8, 4) is 0 Å². The number of carboxylic acid groups (broad SMARTS) is 1. The van der Waals surface area contributed by atoms with Gasteiger partial charge < -0.3 is 15.3 Å². The van der Waals surface area contributed by atoms with Gasteiger partial charge in [-0.2, -0.15) is 0 Å². The van der Waals surface area contributed by atoms with Gasteiger partial charge in [0.25, 0.3) is 0 Å². The molecule has 0 amide bonds. The van der Waals surface area contributed by atoms with Crippen LogP contribution >= 0.6 is 0 Å². The lowest BCUT2D eigenvalue weighted by Crippen LogP contribution is -2.26. The molecule has 2 rings (SSSR count). The maximum absolute atomic E-state index is 10.8. The summed E-state index contributed by atoms with van der Waals surface area (Å²) in [6.45, 7) is 4.00. The zero-order valence-corrected chi connectivity index (χ0v) is 10.2. The number of hydrogen-bond acceptors (Lipinski definition) is 3. The van der Waals surface area contributed by atoms with Gasteiger partial charge in [0.1, 0.15) is 11.5 Å². The number of aliphatic carboxylic acids is 1. The van der Waals surface area contributed by atoms with Crippen LogP contribution in [0.15, 0.2) is 16.5 Å². The molecule has 0 bridgehead atoms. The first-order valence-corrected chi connectivity index (χ1v) is 6.06. The molecule has 94 valence electrons. The standard InChI is InChI=1S/C13H19NO3/c1-7-5-9(7)11-3-4-12(17-11)10(8(2)14)6-13(15)16/h3-4,7-10H,5-6,14H2,1-2H3,(H,15,16). The molecule has 1 aliphatic carbocycles. The van der Waals surface area contributed by atoms with Crippen LogP contribution < -0.4 is 5.73 Å². The largest absolute Gasteiger partial charge is 0.481 e. The molecule has 3 N–H and O–H groups in total. The first kappa shape index (κ1) is 12.2. The van der Waals surface area contributed by atoms with Gasteiger partial charge in [-0.05, 0) is 31.4 Å². The van der Waals surface area contributed by atoms with Gasteiger partial charge in [0.2, 0.25) is 0 Å². The molecule has 1 heterocycles. The van der Waals surface area contributed by atoms with Crippen LogP contribution in [0, 0.1) is 5.92 Å². The maximum Gasteiger partial charge on any atom is 0.304 e. The average molecular weight is 237 g/mol. The SMILES string of the molecule is CC(N)C(CC(=O)O)c1ccc(C2CC2C)o1. The summed E-state index contributed by atoms with van der Waals surface area (Å²) in [7, 11) is 0. The number of nitrogens with two attached hydrogens (primary N) is 1. The molecule has 4 unspecified atom stereocenters. The number of carboxylic acids is 1. The van der Waals surface area contributed by atoms with Gasteiger partial charge in [-0.1, -0.05) is 6.92 Å². The Kier molecular flexibility index (Phi) is 3.24. The number of rotatable bonds is 5. The molecule has 17 heavy (non-hydrogen) atoms. The predicted octanol–water partition coefficient (Wildman–Crippen LogP) is 2.31. The highest BCUT2D eigenvalue weighted by atomic mass is 16.4. The molecule has 1 fully saturated rings. The van der Waals surface area contributed by atoms with E-state index < -0.39 is 5.97 Å². The van der Waals surface area contributed by atoms with Gasteiger partial charge in [-0.25, -0.2) is 0 Å². The summed E-state index contributed by atoms with van der Waals surface area (Å²) < 4.78 is 5.76. The van der Waals surface area contributed by atoms with Gasteiger partial charge in [0.15, 0.2) is 0 Å². The minimum absolute atomic E-state index is 0.0187. The van der Waals surface area contributed by atoms with E-state index in [1.807, 2.05) is 19.1 Å². The van der Waals surface area contributed by atoms with Crippen LogP contribution in [-0.4, -0.2) is 17.1 Å². The van der Waals surface area contributed by atoms with E-state index in [1.165, 1.54) is 0 Å². The highest BCUT2D eigenvalue weighted by Crippen LogP contribution is 2.47. The van der Waals surface area contributed by atoms with Crippen molar-refractivity contribution >= 4 is 5.97 Å². The van der Waals surface area contributed by atoms with Crippen molar-refractivity contribution < 1.29 is 14.3 Å². The fraction of sp³-hybridized carbons (Fsp3) is 0.615. The van der Waals surface area contributed by atoms with Crippen LogP contribution in [0.5, 0.6) is 0 Å². The minimum atomic E-state index is -0.843. The molecule has 4 nitrogen and oxygen atoms in total. The zero-order chi connectivity index (χ0) is 12.6. The number of carbonyl (C=O) groups is 1. The van der Waals surface area contributed by atoms with Gasteiger partial charge in [-0.15, -0.1) is 0 Å². The quantitative estimate of drug-likeness (QED) is 0.823. The summed E-state index contributed by atoms with van der Waals surface area (Å²) in [5, 5.41) is 8.87. The molecular weight excluding hydrogens is 218 g/mol. The molecule has 1 aromatic rings. The molecule has 0 aliphatic heterocycles. The summed E-state index contributed by atoms with van der Waals surface area (Å²) in [5.41, 5.74) is 5.82. The van der Waals surface area contributed by atoms with E-state index in [1.54, 1.807) is 0 Å². The average Bonchev–Trinajstić information content (AvgIpc) is 2.78. The predicted molar refractivity (Wildman–Crippen MR) is 63.9 cm³/mol. The minimum Gasteiger partial charge on any atom is -0.481 e. The smallest absolute Gasteiger partial charge is 0.304 e. The lowest BCUT2D eigenvalue weighted by molar-refractivity contribution is -0.137. The fourth-order valence-electron chi connectivity index (χ4n) is 2.22. The highest BCUT2D eigenvalue weighted by Gasteiger charge is 2.37. The Morgan fingerprint density at radius 2 is 2.29 bits per heavy atom. The normalized spacial score (nSPS) is 26.5. The summed E-state index contributed by atoms with van der Waals surface area (Å²) >= 11 is 0. The van der Waals surface area contributed by atoms with Crippen LogP contribution in [0.25, 0.3) is 0 Å².